The Labute approximate surface area is 132 Å². The molecule has 1 aromatic carbocycles. The molecule has 21 heavy (non-hydrogen) atoms. The van der Waals surface area contributed by atoms with Crippen LogP contribution in [0, 0.1) is 0 Å². The van der Waals surface area contributed by atoms with Crippen molar-refractivity contribution in [3.63, 3.8) is 0 Å². The summed E-state index contributed by atoms with van der Waals surface area (Å²) < 4.78 is 29.3. The van der Waals surface area contributed by atoms with Crippen LogP contribution >= 0.6 is 15.9 Å². The summed E-state index contributed by atoms with van der Waals surface area (Å²) in [4.78, 5) is 0.199. The van der Waals surface area contributed by atoms with Gasteiger partial charge in [0.25, 0.3) is 0 Å². The van der Waals surface area contributed by atoms with Crippen LogP contribution in [-0.2, 0) is 30.2 Å². The maximum absolute atomic E-state index is 12.3. The van der Waals surface area contributed by atoms with Gasteiger partial charge in [0, 0.05) is 18.1 Å². The third-order valence-electron chi connectivity index (χ3n) is 2.89. The molecule has 0 spiro atoms. The minimum atomic E-state index is -3.61. The standard InChI is InChI=1S/C12H16BrN5O2S/c1-14-6-9-3-4-11(10(13)5-9)21(19,20)16-7-12-17-15-8-18(12)2/h3-5,8,14,16H,6-7H2,1-2H3. The van der Waals surface area contributed by atoms with Crippen LogP contribution in [0.5, 0.6) is 0 Å². The van der Waals surface area contributed by atoms with E-state index in [1.54, 1.807) is 29.8 Å². The third-order valence-corrected chi connectivity index (χ3v) is 5.27. The van der Waals surface area contributed by atoms with Crippen LogP contribution in [-0.4, -0.2) is 30.2 Å². The number of halogens is 1. The minimum Gasteiger partial charge on any atom is -0.320 e. The van der Waals surface area contributed by atoms with Gasteiger partial charge in [-0.1, -0.05) is 6.07 Å². The van der Waals surface area contributed by atoms with Crippen molar-refractivity contribution >= 4 is 26.0 Å². The fourth-order valence-corrected chi connectivity index (χ4v) is 3.88. The van der Waals surface area contributed by atoms with Gasteiger partial charge in [-0.05, 0) is 40.7 Å². The topological polar surface area (TPSA) is 88.9 Å². The molecule has 0 bridgehead atoms. The average Bonchev–Trinajstić information content (AvgIpc) is 2.82. The Morgan fingerprint density at radius 2 is 2.10 bits per heavy atom. The normalized spacial score (nSPS) is 11.8. The molecule has 9 heteroatoms. The van der Waals surface area contributed by atoms with E-state index in [1.165, 1.54) is 6.33 Å². The average molecular weight is 374 g/mol. The van der Waals surface area contributed by atoms with E-state index in [4.69, 9.17) is 0 Å². The molecule has 1 heterocycles. The van der Waals surface area contributed by atoms with Crippen molar-refractivity contribution in [2.45, 2.75) is 18.0 Å². The third kappa shape index (κ3) is 3.88. The fourth-order valence-electron chi connectivity index (χ4n) is 1.78. The molecule has 0 saturated heterocycles. The number of nitrogens with zero attached hydrogens (tertiary/aromatic N) is 3. The molecule has 0 amide bonds. The van der Waals surface area contributed by atoms with Crippen molar-refractivity contribution in [3.05, 3.63) is 40.4 Å². The Bertz CT molecular complexity index is 729. The van der Waals surface area contributed by atoms with Gasteiger partial charge in [-0.2, -0.15) is 0 Å². The summed E-state index contributed by atoms with van der Waals surface area (Å²) in [6, 6.07) is 5.14. The van der Waals surface area contributed by atoms with Gasteiger partial charge in [-0.3, -0.25) is 0 Å². The number of nitrogens with one attached hydrogen (secondary N) is 2. The van der Waals surface area contributed by atoms with Crippen LogP contribution in [0.2, 0.25) is 0 Å². The van der Waals surface area contributed by atoms with Gasteiger partial charge in [0.2, 0.25) is 10.0 Å². The molecule has 7 nitrogen and oxygen atoms in total. The number of hydrogen-bond donors (Lipinski definition) is 2. The first-order valence-corrected chi connectivity index (χ1v) is 8.47. The van der Waals surface area contributed by atoms with Crippen LogP contribution in [0.25, 0.3) is 0 Å². The highest BCUT2D eigenvalue weighted by atomic mass is 79.9. The molecule has 0 unspecified atom stereocenters. The Balaban J connectivity index is 2.17. The molecule has 1 aromatic heterocycles. The first-order valence-electron chi connectivity index (χ1n) is 6.19. The van der Waals surface area contributed by atoms with Crippen molar-refractivity contribution in [2.75, 3.05) is 7.05 Å². The number of aryl methyl sites for hydroxylation is 1. The van der Waals surface area contributed by atoms with Crippen molar-refractivity contribution in [1.82, 2.24) is 24.8 Å². The quantitative estimate of drug-likeness (QED) is 0.780. The highest BCUT2D eigenvalue weighted by molar-refractivity contribution is 9.10. The van der Waals surface area contributed by atoms with Crippen LogP contribution < -0.4 is 10.0 Å². The van der Waals surface area contributed by atoms with E-state index in [9.17, 15) is 8.42 Å². The van der Waals surface area contributed by atoms with Crippen LogP contribution in [0.15, 0.2) is 33.9 Å². The van der Waals surface area contributed by atoms with E-state index in [0.717, 1.165) is 5.56 Å². The summed E-state index contributed by atoms with van der Waals surface area (Å²) in [5.41, 5.74) is 0.997. The largest absolute Gasteiger partial charge is 0.320 e. The molecule has 2 N–H and O–H groups in total. The zero-order valence-electron chi connectivity index (χ0n) is 11.7. The molecular formula is C12H16BrN5O2S. The number of benzene rings is 1. The Morgan fingerprint density at radius 1 is 1.33 bits per heavy atom. The van der Waals surface area contributed by atoms with E-state index < -0.39 is 10.0 Å². The summed E-state index contributed by atoms with van der Waals surface area (Å²) in [5.74, 6) is 0.543. The van der Waals surface area contributed by atoms with Gasteiger partial charge in [0.15, 0.2) is 0 Å². The van der Waals surface area contributed by atoms with E-state index >= 15 is 0 Å². The molecule has 0 saturated carbocycles. The second kappa shape index (κ2) is 6.65. The van der Waals surface area contributed by atoms with Crippen LogP contribution in [0.4, 0.5) is 0 Å². The van der Waals surface area contributed by atoms with Crippen LogP contribution in [0.3, 0.4) is 0 Å². The van der Waals surface area contributed by atoms with Gasteiger partial charge in [0.05, 0.1) is 11.4 Å². The van der Waals surface area contributed by atoms with Gasteiger partial charge >= 0.3 is 0 Å². The summed E-state index contributed by atoms with van der Waals surface area (Å²) in [7, 11) is -0.0235. The number of hydrogen-bond acceptors (Lipinski definition) is 5. The summed E-state index contributed by atoms with van der Waals surface area (Å²) in [6.07, 6.45) is 1.52. The van der Waals surface area contributed by atoms with Gasteiger partial charge < -0.3 is 9.88 Å². The Kier molecular flexibility index (Phi) is 5.09. The highest BCUT2D eigenvalue weighted by Gasteiger charge is 2.18. The SMILES string of the molecule is CNCc1ccc(S(=O)(=O)NCc2nncn2C)c(Br)c1. The maximum atomic E-state index is 12.3. The molecule has 2 rings (SSSR count). The smallest absolute Gasteiger partial charge is 0.242 e. The molecule has 2 aromatic rings. The lowest BCUT2D eigenvalue weighted by atomic mass is 10.2. The monoisotopic (exact) mass is 373 g/mol. The molecule has 0 aliphatic rings. The van der Waals surface area contributed by atoms with Gasteiger partial charge in [-0.15, -0.1) is 10.2 Å². The van der Waals surface area contributed by atoms with Crippen molar-refractivity contribution in [2.24, 2.45) is 7.05 Å². The van der Waals surface area contributed by atoms with Gasteiger partial charge in [-0.25, -0.2) is 13.1 Å². The predicted octanol–water partition coefficient (Wildman–Crippen LogP) is 0.775. The van der Waals surface area contributed by atoms with E-state index in [0.29, 0.717) is 16.8 Å². The van der Waals surface area contributed by atoms with E-state index in [-0.39, 0.29) is 11.4 Å². The van der Waals surface area contributed by atoms with Crippen molar-refractivity contribution in [1.29, 1.82) is 0 Å². The van der Waals surface area contributed by atoms with Crippen molar-refractivity contribution in [3.8, 4) is 0 Å². The molecule has 0 aliphatic carbocycles. The summed E-state index contributed by atoms with van der Waals surface area (Å²) in [6.45, 7) is 0.759. The second-order valence-corrected chi connectivity index (χ2v) is 7.07. The molecule has 0 fully saturated rings. The first kappa shape index (κ1) is 16.1. The number of rotatable bonds is 6. The molecule has 114 valence electrons. The van der Waals surface area contributed by atoms with Gasteiger partial charge in [0.1, 0.15) is 12.2 Å². The van der Waals surface area contributed by atoms with E-state index in [1.807, 2.05) is 7.05 Å². The Morgan fingerprint density at radius 3 is 2.67 bits per heavy atom. The minimum absolute atomic E-state index is 0.0868. The fraction of sp³-hybridized carbons (Fsp3) is 0.333. The molecule has 0 atom stereocenters. The number of aromatic nitrogens is 3. The lowest BCUT2D eigenvalue weighted by Crippen LogP contribution is -2.25. The lowest BCUT2D eigenvalue weighted by molar-refractivity contribution is 0.577. The lowest BCUT2D eigenvalue weighted by Gasteiger charge is -2.09. The zero-order chi connectivity index (χ0) is 15.5. The van der Waals surface area contributed by atoms with Crippen LogP contribution in [0.1, 0.15) is 11.4 Å². The molecule has 0 aliphatic heterocycles. The number of sulfonamides is 1. The Hall–Kier alpha value is -1.29. The second-order valence-electron chi connectivity index (χ2n) is 4.48. The molecule has 0 radical (unpaired) electrons. The predicted molar refractivity (Wildman–Crippen MR) is 81.9 cm³/mol. The van der Waals surface area contributed by atoms with E-state index in [2.05, 4.69) is 36.2 Å². The van der Waals surface area contributed by atoms with Crippen molar-refractivity contribution < 1.29 is 8.42 Å². The molecular weight excluding hydrogens is 358 g/mol. The highest BCUT2D eigenvalue weighted by Crippen LogP contribution is 2.23. The summed E-state index contributed by atoms with van der Waals surface area (Å²) in [5, 5.41) is 10.6. The first-order chi connectivity index (χ1) is 9.94. The maximum Gasteiger partial charge on any atom is 0.242 e. The summed E-state index contributed by atoms with van der Waals surface area (Å²) >= 11 is 3.31. The zero-order valence-corrected chi connectivity index (χ0v) is 14.1.